The average molecular weight is 1350 g/mol. The van der Waals surface area contributed by atoms with Crippen molar-refractivity contribution in [3.05, 3.63) is 322 Å². The first kappa shape index (κ1) is 59.3. The third-order valence-corrected chi connectivity index (χ3v) is 19.8. The van der Waals surface area contributed by atoms with E-state index in [1.54, 1.807) is 0 Å². The largest absolute Gasteiger partial charge is 0.456 e. The quantitative estimate of drug-likeness (QED) is 0.114. The fraction of sp³-hybridized carbons (Fsp3) is 0. The molecule has 21 rings (SSSR count). The fourth-order valence-corrected chi connectivity index (χ4v) is 14.8. The van der Waals surface area contributed by atoms with Crippen LogP contribution in [0.25, 0.3) is 218 Å². The molecule has 0 N–H and O–H groups in total. The number of para-hydroxylation sites is 6. The lowest BCUT2D eigenvalue weighted by Crippen LogP contribution is -2.06. The molecule has 0 fully saturated rings. The van der Waals surface area contributed by atoms with E-state index in [-0.39, 0.29) is 0 Å². The molecule has 105 heavy (non-hydrogen) atoms. The van der Waals surface area contributed by atoms with Crippen LogP contribution in [0.4, 0.5) is 0 Å². The molecule has 7 heterocycles. The van der Waals surface area contributed by atoms with Crippen LogP contribution in [0.3, 0.4) is 0 Å². The number of hydrogen-bond donors (Lipinski definition) is 0. The first-order chi connectivity index (χ1) is 52.0. The van der Waals surface area contributed by atoms with E-state index in [1.807, 2.05) is 152 Å². The Morgan fingerprint density at radius 3 is 1.24 bits per heavy atom. The molecule has 7 aromatic heterocycles. The Balaban J connectivity index is 0.676. The molecule has 21 aromatic rings. The van der Waals surface area contributed by atoms with E-state index in [9.17, 15) is 0 Å². The van der Waals surface area contributed by atoms with Gasteiger partial charge in [-0.2, -0.15) is 9.97 Å². The molecule has 0 radical (unpaired) electrons. The second-order valence-corrected chi connectivity index (χ2v) is 26.2. The summed E-state index contributed by atoms with van der Waals surface area (Å²) in [6.07, 6.45) is 0. The first-order valence-electron chi connectivity index (χ1n) is 34.7. The normalized spacial score (nSPS) is 11.8. The molecule has 14 aromatic carbocycles. The van der Waals surface area contributed by atoms with Gasteiger partial charge in [0.15, 0.2) is 40.3 Å². The van der Waals surface area contributed by atoms with Crippen molar-refractivity contribution in [3.8, 4) is 130 Å². The molecule has 13 nitrogen and oxygen atoms in total. The van der Waals surface area contributed by atoms with Gasteiger partial charge >= 0.3 is 0 Å². The summed E-state index contributed by atoms with van der Waals surface area (Å²) in [7, 11) is 0. The van der Waals surface area contributed by atoms with Crippen LogP contribution < -0.4 is 0 Å². The number of nitrogens with zero attached hydrogens (tertiary/aromatic N) is 9. The molecule has 0 amide bonds. The van der Waals surface area contributed by atoms with E-state index in [2.05, 4.69) is 174 Å². The third kappa shape index (κ3) is 10.2. The van der Waals surface area contributed by atoms with Crippen molar-refractivity contribution in [3.63, 3.8) is 0 Å². The molecule has 0 saturated heterocycles. The minimum atomic E-state index is 0.498. The van der Waals surface area contributed by atoms with Gasteiger partial charge in [-0.05, 0) is 148 Å². The van der Waals surface area contributed by atoms with E-state index >= 15 is 0 Å². The standard InChI is InChI=1S/C92H53N9O4/c1-3-19-56(20-4-1)85-95-87(98-88(96-85)69-31-18-38-81-82(69)71-52-61(43-47-77(71)102-81)59-24-16-27-64(50-59)90-93-73-32-9-13-36-79(73)104-90)63-26-15-23-58(49-63)54-39-41-55(42-40-54)66-45-46-70(83-72-53-62(44-48-78(72)103-84(66)83)60-25-17-28-65(51-60)91-94-74-33-10-14-37-80(74)105-91)89-97-86(57-21-5-2-6-22-57)99-92(100-89)101-75-34-11-7-29-67(75)68-30-8-12-35-76(68)101/h1-53H. The van der Waals surface area contributed by atoms with Crippen LogP contribution in [0.2, 0.25) is 0 Å². The van der Waals surface area contributed by atoms with Crippen molar-refractivity contribution < 1.29 is 17.7 Å². The maximum atomic E-state index is 7.17. The van der Waals surface area contributed by atoms with Crippen LogP contribution in [0, 0.1) is 0 Å². The highest BCUT2D eigenvalue weighted by molar-refractivity contribution is 6.17. The monoisotopic (exact) mass is 1350 g/mol. The molecular weight excluding hydrogens is 1300 g/mol. The second-order valence-electron chi connectivity index (χ2n) is 26.2. The summed E-state index contributed by atoms with van der Waals surface area (Å²) in [5, 5.41) is 5.81. The maximum absolute atomic E-state index is 7.17. The highest BCUT2D eigenvalue weighted by atomic mass is 16.4. The number of oxazole rings is 2. The summed E-state index contributed by atoms with van der Waals surface area (Å²) >= 11 is 0. The molecule has 0 atom stereocenters. The topological polar surface area (TPSA) is 161 Å². The van der Waals surface area contributed by atoms with Crippen LogP contribution >= 0.6 is 0 Å². The van der Waals surface area contributed by atoms with Crippen molar-refractivity contribution in [2.75, 3.05) is 0 Å². The van der Waals surface area contributed by atoms with E-state index in [1.165, 1.54) is 0 Å². The molecule has 490 valence electrons. The van der Waals surface area contributed by atoms with Gasteiger partial charge in [0.1, 0.15) is 33.4 Å². The number of hydrogen-bond acceptors (Lipinski definition) is 12. The molecule has 0 spiro atoms. The van der Waals surface area contributed by atoms with Gasteiger partial charge < -0.3 is 17.7 Å². The zero-order valence-electron chi connectivity index (χ0n) is 55.8. The fourth-order valence-electron chi connectivity index (χ4n) is 14.8. The van der Waals surface area contributed by atoms with E-state index in [0.717, 1.165) is 160 Å². The molecule has 0 aliphatic rings. The number of fused-ring (bicyclic) bond motifs is 11. The van der Waals surface area contributed by atoms with Crippen molar-refractivity contribution >= 4 is 87.9 Å². The Morgan fingerprint density at radius 2 is 0.619 bits per heavy atom. The SMILES string of the molecule is c1ccc(-c2nc(-c3cccc(-c4ccc(-c5ccc(-c6nc(-c7ccccc7)nc(-n7c8ccccc8c8ccccc87)n6)c6c5oc5ccc(-c7cccc(-c8nc9ccccc9o8)c7)cc56)cc4)c3)nc(-c3cccc4oc5ccc(-c6cccc(-c7nc8ccccc8o7)c6)cc5c34)n2)cc1. The predicted molar refractivity (Wildman–Crippen MR) is 417 cm³/mol. The first-order valence-corrected chi connectivity index (χ1v) is 34.7. The molecule has 0 bridgehead atoms. The van der Waals surface area contributed by atoms with Gasteiger partial charge in [0.2, 0.25) is 17.7 Å². The third-order valence-electron chi connectivity index (χ3n) is 19.8. The number of furan rings is 2. The smallest absolute Gasteiger partial charge is 0.238 e. The zero-order valence-corrected chi connectivity index (χ0v) is 55.8. The van der Waals surface area contributed by atoms with Gasteiger partial charge in [0.25, 0.3) is 0 Å². The number of rotatable bonds is 12. The molecule has 0 saturated carbocycles. The lowest BCUT2D eigenvalue weighted by molar-refractivity contribution is 0.619. The lowest BCUT2D eigenvalue weighted by atomic mass is 9.95. The van der Waals surface area contributed by atoms with E-state index in [0.29, 0.717) is 58.0 Å². The summed E-state index contributed by atoms with van der Waals surface area (Å²) in [5.41, 5.74) is 21.7. The van der Waals surface area contributed by atoms with Gasteiger partial charge in [-0.3, -0.25) is 4.57 Å². The molecule has 0 aliphatic carbocycles. The van der Waals surface area contributed by atoms with Crippen molar-refractivity contribution in [2.45, 2.75) is 0 Å². The second kappa shape index (κ2) is 24.1. The highest BCUT2D eigenvalue weighted by Crippen LogP contribution is 2.46. The molecule has 0 aliphatic heterocycles. The average Bonchev–Trinajstić information content (AvgIpc) is 1.63. The molecular formula is C92H53N9O4. The minimum absolute atomic E-state index is 0.498. The summed E-state index contributed by atoms with van der Waals surface area (Å²) in [6, 6.07) is 109. The van der Waals surface area contributed by atoms with Crippen molar-refractivity contribution in [1.29, 1.82) is 0 Å². The Bertz CT molecular complexity index is 6930. The van der Waals surface area contributed by atoms with Crippen LogP contribution in [-0.2, 0) is 0 Å². The van der Waals surface area contributed by atoms with Crippen LogP contribution in [0.5, 0.6) is 0 Å². The van der Waals surface area contributed by atoms with Crippen LogP contribution in [0.15, 0.2) is 339 Å². The lowest BCUT2D eigenvalue weighted by Gasteiger charge is -2.13. The Hall–Kier alpha value is -14.6. The Morgan fingerprint density at radius 1 is 0.210 bits per heavy atom. The van der Waals surface area contributed by atoms with Gasteiger partial charge in [0.05, 0.1) is 11.0 Å². The summed E-state index contributed by atoms with van der Waals surface area (Å²) in [5.74, 6) is 4.26. The van der Waals surface area contributed by atoms with Gasteiger partial charge in [-0.15, -0.1) is 0 Å². The van der Waals surface area contributed by atoms with E-state index in [4.69, 9.17) is 57.5 Å². The van der Waals surface area contributed by atoms with Crippen LogP contribution in [-0.4, -0.2) is 44.4 Å². The summed E-state index contributed by atoms with van der Waals surface area (Å²) < 4.78 is 28.4. The van der Waals surface area contributed by atoms with Gasteiger partial charge in [0, 0.05) is 76.8 Å². The van der Waals surface area contributed by atoms with Crippen LogP contribution in [0.1, 0.15) is 0 Å². The van der Waals surface area contributed by atoms with E-state index < -0.39 is 0 Å². The Labute approximate surface area is 598 Å². The number of benzene rings is 14. The zero-order chi connectivity index (χ0) is 69.1. The summed E-state index contributed by atoms with van der Waals surface area (Å²) in [6.45, 7) is 0. The highest BCUT2D eigenvalue weighted by Gasteiger charge is 2.25. The van der Waals surface area contributed by atoms with Crippen molar-refractivity contribution in [1.82, 2.24) is 44.4 Å². The number of aromatic nitrogens is 9. The molecule has 0 unspecified atom stereocenters. The van der Waals surface area contributed by atoms with Gasteiger partial charge in [-0.1, -0.05) is 212 Å². The predicted octanol–water partition coefficient (Wildman–Crippen LogP) is 23.6. The maximum Gasteiger partial charge on any atom is 0.238 e. The van der Waals surface area contributed by atoms with Gasteiger partial charge in [-0.25, -0.2) is 29.9 Å². The molecule has 13 heteroatoms. The summed E-state index contributed by atoms with van der Waals surface area (Å²) in [4.78, 5) is 41.6. The Kier molecular flexibility index (Phi) is 13.6. The minimum Gasteiger partial charge on any atom is -0.456 e. The van der Waals surface area contributed by atoms with Crippen molar-refractivity contribution in [2.24, 2.45) is 0 Å².